The van der Waals surface area contributed by atoms with Gasteiger partial charge in [0.2, 0.25) is 5.82 Å². The summed E-state index contributed by atoms with van der Waals surface area (Å²) >= 11 is 6.67. The van der Waals surface area contributed by atoms with Gasteiger partial charge in [-0.25, -0.2) is 9.78 Å². The van der Waals surface area contributed by atoms with Gasteiger partial charge in [-0.1, -0.05) is 164 Å². The molecule has 8 rings (SSSR count). The van der Waals surface area contributed by atoms with Gasteiger partial charge in [0.15, 0.2) is 10.7 Å². The van der Waals surface area contributed by atoms with E-state index in [9.17, 15) is 14.7 Å². The van der Waals surface area contributed by atoms with E-state index in [1.54, 1.807) is 4.80 Å². The second-order valence-corrected chi connectivity index (χ2v) is 14.7. The molecular formula is C46H42ClN7O3. The molecule has 1 amide bonds. The van der Waals surface area contributed by atoms with Gasteiger partial charge in [-0.05, 0) is 57.9 Å². The molecule has 0 aliphatic carbocycles. The van der Waals surface area contributed by atoms with Crippen molar-refractivity contribution in [2.45, 2.75) is 57.2 Å². The van der Waals surface area contributed by atoms with E-state index in [4.69, 9.17) is 27.0 Å². The van der Waals surface area contributed by atoms with Gasteiger partial charge in [0, 0.05) is 25.1 Å². The number of nitrogens with zero attached hydrogens (tertiary/aromatic N) is 7. The first-order valence-electron chi connectivity index (χ1n) is 19.3. The van der Waals surface area contributed by atoms with E-state index >= 15 is 0 Å². The molecule has 5 aromatic carbocycles. The molecule has 1 unspecified atom stereocenters. The number of rotatable bonds is 13. The third-order valence-corrected chi connectivity index (χ3v) is 11.1. The molecule has 57 heavy (non-hydrogen) atoms. The average Bonchev–Trinajstić information content (AvgIpc) is 4.02. The van der Waals surface area contributed by atoms with Crippen LogP contribution in [-0.4, -0.2) is 64.2 Å². The standard InChI is InChI=1S/C46H42ClN7O3/c1-2-3-25-40-48-42(47)41(44(55)52-30-15-24-39(52)45(56)57)53(40)31-32-26-28-33(29-27-32)37-22-13-14-23-38(37)43-49-51-54(50-43)46(34-16-7-4-8-17-34,35-18-9-5-10-19-35)36-20-11-6-12-21-36/h4-14,16-23,26-29,39H,2-3,15,24-25,30-31H2,1H3,(H,56,57). The lowest BCUT2D eigenvalue weighted by Gasteiger charge is -2.34. The van der Waals surface area contributed by atoms with Crippen LogP contribution in [0.2, 0.25) is 5.15 Å². The molecule has 11 heteroatoms. The van der Waals surface area contributed by atoms with Gasteiger partial charge < -0.3 is 14.6 Å². The van der Waals surface area contributed by atoms with E-state index in [2.05, 4.69) is 48.3 Å². The number of unbranched alkanes of at least 4 members (excludes halogenated alkanes) is 1. The lowest BCUT2D eigenvalue weighted by molar-refractivity contribution is -0.141. The molecular weight excluding hydrogens is 734 g/mol. The number of halogens is 1. The summed E-state index contributed by atoms with van der Waals surface area (Å²) in [5.74, 6) is -0.217. The van der Waals surface area contributed by atoms with Crippen molar-refractivity contribution in [2.75, 3.05) is 6.54 Å². The van der Waals surface area contributed by atoms with Crippen molar-refractivity contribution in [3.05, 3.63) is 178 Å². The van der Waals surface area contributed by atoms with E-state index in [0.717, 1.165) is 51.8 Å². The van der Waals surface area contributed by atoms with Crippen LogP contribution in [0.3, 0.4) is 0 Å². The van der Waals surface area contributed by atoms with Gasteiger partial charge >= 0.3 is 5.97 Å². The number of carboxylic acid groups (broad SMARTS) is 1. The Labute approximate surface area is 336 Å². The first-order valence-corrected chi connectivity index (χ1v) is 19.7. The summed E-state index contributed by atoms with van der Waals surface area (Å²) in [5.41, 5.74) is 5.99. The molecule has 1 N–H and O–H groups in total. The first kappa shape index (κ1) is 37.5. The monoisotopic (exact) mass is 775 g/mol. The number of hydrogen-bond acceptors (Lipinski definition) is 6. The van der Waals surface area contributed by atoms with Crippen LogP contribution >= 0.6 is 11.6 Å². The second-order valence-electron chi connectivity index (χ2n) is 14.3. The van der Waals surface area contributed by atoms with E-state index in [1.807, 2.05) is 108 Å². The number of benzene rings is 5. The number of tetrazole rings is 1. The molecule has 10 nitrogen and oxygen atoms in total. The third kappa shape index (κ3) is 7.13. The van der Waals surface area contributed by atoms with Gasteiger partial charge in [-0.3, -0.25) is 4.79 Å². The number of carbonyl (C=O) groups excluding carboxylic acids is 1. The van der Waals surface area contributed by atoms with Crippen molar-refractivity contribution in [1.29, 1.82) is 0 Å². The van der Waals surface area contributed by atoms with Crippen LogP contribution in [0, 0.1) is 0 Å². The molecule has 0 bridgehead atoms. The minimum absolute atomic E-state index is 0.101. The maximum absolute atomic E-state index is 13.9. The predicted molar refractivity (Wildman–Crippen MR) is 220 cm³/mol. The Morgan fingerprint density at radius 2 is 1.37 bits per heavy atom. The molecule has 1 saturated heterocycles. The molecule has 1 atom stereocenters. The highest BCUT2D eigenvalue weighted by atomic mass is 35.5. The molecule has 7 aromatic rings. The van der Waals surface area contributed by atoms with Crippen LogP contribution in [-0.2, 0) is 23.3 Å². The number of carboxylic acids is 1. The fourth-order valence-electron chi connectivity index (χ4n) is 8.02. The number of aryl methyl sites for hydroxylation is 1. The van der Waals surface area contributed by atoms with Crippen LogP contribution in [0.4, 0.5) is 0 Å². The second kappa shape index (κ2) is 16.4. The lowest BCUT2D eigenvalue weighted by Crippen LogP contribution is -2.41. The van der Waals surface area contributed by atoms with E-state index in [0.29, 0.717) is 44.0 Å². The van der Waals surface area contributed by atoms with Crippen LogP contribution < -0.4 is 0 Å². The maximum Gasteiger partial charge on any atom is 0.326 e. The van der Waals surface area contributed by atoms with Gasteiger partial charge in [-0.15, -0.1) is 15.0 Å². The van der Waals surface area contributed by atoms with E-state index < -0.39 is 23.5 Å². The average molecular weight is 776 g/mol. The number of amides is 1. The highest BCUT2D eigenvalue weighted by Crippen LogP contribution is 2.40. The Morgan fingerprint density at radius 1 is 0.789 bits per heavy atom. The number of imidazole rings is 1. The molecule has 1 aliphatic rings. The Bertz CT molecular complexity index is 2390. The Hall–Kier alpha value is -6.39. The molecule has 286 valence electrons. The highest BCUT2D eigenvalue weighted by Gasteiger charge is 2.41. The van der Waals surface area contributed by atoms with E-state index in [1.165, 1.54) is 4.90 Å². The first-order chi connectivity index (χ1) is 27.9. The summed E-state index contributed by atoms with van der Waals surface area (Å²) in [6.45, 7) is 2.81. The zero-order valence-corrected chi connectivity index (χ0v) is 32.3. The Balaban J connectivity index is 1.15. The predicted octanol–water partition coefficient (Wildman–Crippen LogP) is 8.78. The summed E-state index contributed by atoms with van der Waals surface area (Å²) in [6, 6.07) is 46.1. The van der Waals surface area contributed by atoms with Crippen molar-refractivity contribution < 1.29 is 14.7 Å². The number of hydrogen-bond donors (Lipinski definition) is 1. The normalized spacial score (nSPS) is 14.2. The largest absolute Gasteiger partial charge is 0.480 e. The van der Waals surface area contributed by atoms with Gasteiger partial charge in [0.25, 0.3) is 5.91 Å². The summed E-state index contributed by atoms with van der Waals surface area (Å²) < 4.78 is 1.86. The molecule has 1 aliphatic heterocycles. The summed E-state index contributed by atoms with van der Waals surface area (Å²) in [5, 5.41) is 24.5. The molecule has 2 aromatic heterocycles. The van der Waals surface area contributed by atoms with Gasteiger partial charge in [0.1, 0.15) is 17.6 Å². The van der Waals surface area contributed by atoms with Gasteiger partial charge in [-0.2, -0.15) is 0 Å². The smallest absolute Gasteiger partial charge is 0.326 e. The minimum atomic E-state index is -1.01. The van der Waals surface area contributed by atoms with Crippen LogP contribution in [0.5, 0.6) is 0 Å². The number of carbonyl (C=O) groups is 2. The Morgan fingerprint density at radius 3 is 1.95 bits per heavy atom. The summed E-state index contributed by atoms with van der Waals surface area (Å²) in [7, 11) is 0. The molecule has 0 spiro atoms. The third-order valence-electron chi connectivity index (χ3n) is 10.8. The maximum atomic E-state index is 13.9. The fraction of sp³-hybridized carbons (Fsp3) is 0.217. The molecule has 1 fully saturated rings. The van der Waals surface area contributed by atoms with Crippen LogP contribution in [0.1, 0.15) is 71.2 Å². The number of likely N-dealkylation sites (tertiary alicyclic amines) is 1. The van der Waals surface area contributed by atoms with Crippen molar-refractivity contribution in [1.82, 2.24) is 34.7 Å². The highest BCUT2D eigenvalue weighted by molar-refractivity contribution is 6.32. The number of aromatic nitrogens is 6. The quantitative estimate of drug-likeness (QED) is 0.116. The van der Waals surface area contributed by atoms with Gasteiger partial charge in [0.05, 0.1) is 0 Å². The summed E-state index contributed by atoms with van der Waals surface area (Å²) in [6.07, 6.45) is 3.51. The van der Waals surface area contributed by atoms with Crippen molar-refractivity contribution in [3.63, 3.8) is 0 Å². The lowest BCUT2D eigenvalue weighted by atomic mass is 9.77. The van der Waals surface area contributed by atoms with E-state index in [-0.39, 0.29) is 10.8 Å². The topological polar surface area (TPSA) is 119 Å². The minimum Gasteiger partial charge on any atom is -0.480 e. The molecule has 3 heterocycles. The van der Waals surface area contributed by atoms with Crippen molar-refractivity contribution >= 4 is 23.5 Å². The summed E-state index contributed by atoms with van der Waals surface area (Å²) in [4.78, 5) is 33.6. The Kier molecular flexibility index (Phi) is 10.8. The molecule has 0 radical (unpaired) electrons. The van der Waals surface area contributed by atoms with Crippen LogP contribution in [0.25, 0.3) is 22.5 Å². The zero-order chi connectivity index (χ0) is 39.4. The zero-order valence-electron chi connectivity index (χ0n) is 31.6. The van der Waals surface area contributed by atoms with Crippen LogP contribution in [0.15, 0.2) is 140 Å². The van der Waals surface area contributed by atoms with Crippen molar-refractivity contribution in [3.8, 4) is 22.5 Å². The number of aliphatic carboxylic acids is 1. The fourth-order valence-corrected chi connectivity index (χ4v) is 8.30. The van der Waals surface area contributed by atoms with Crippen molar-refractivity contribution in [2.24, 2.45) is 0 Å². The molecule has 0 saturated carbocycles. The SMILES string of the molecule is CCCCc1nc(Cl)c(C(=O)N2CCCC2C(=O)O)n1Cc1ccc(-c2ccccc2-c2nnn(C(c3ccccc3)(c3ccccc3)c3ccccc3)n2)cc1.